The summed E-state index contributed by atoms with van der Waals surface area (Å²) in [5.74, 6) is 0. The van der Waals surface area contributed by atoms with Crippen LogP contribution in [0.4, 0.5) is 0 Å². The molecule has 1 saturated heterocycles. The van der Waals surface area contributed by atoms with E-state index in [-0.39, 0.29) is 0 Å². The summed E-state index contributed by atoms with van der Waals surface area (Å²) in [6.07, 6.45) is 2.54. The zero-order chi connectivity index (χ0) is 11.1. The van der Waals surface area contributed by atoms with Gasteiger partial charge >= 0.3 is 102 Å². The molecule has 0 saturated carbocycles. The van der Waals surface area contributed by atoms with Gasteiger partial charge in [0.1, 0.15) is 0 Å². The molecule has 92 valence electrons. The molecule has 15 heavy (non-hydrogen) atoms. The van der Waals surface area contributed by atoms with Crippen molar-refractivity contribution in [3.05, 3.63) is 0 Å². The molecule has 0 aromatic carbocycles. The van der Waals surface area contributed by atoms with Gasteiger partial charge in [-0.1, -0.05) is 0 Å². The fourth-order valence-electron chi connectivity index (χ4n) is 1.72. The van der Waals surface area contributed by atoms with Crippen LogP contribution in [0, 0.1) is 0 Å². The first-order valence-electron chi connectivity index (χ1n) is 5.73. The molecule has 0 spiro atoms. The van der Waals surface area contributed by atoms with Gasteiger partial charge in [0, 0.05) is 0 Å². The monoisotopic (exact) mass is 328 g/mol. The molecular weight excluding hydrogens is 303 g/mol. The van der Waals surface area contributed by atoms with Crippen LogP contribution in [0.3, 0.4) is 0 Å². The van der Waals surface area contributed by atoms with Crippen LogP contribution in [-0.4, -0.2) is 66.0 Å². The van der Waals surface area contributed by atoms with Gasteiger partial charge in [-0.05, 0) is 0 Å². The minimum absolute atomic E-state index is 0.924. The number of halogens is 1. The van der Waals surface area contributed by atoms with E-state index >= 15 is 0 Å². The number of hydrogen-bond acceptors (Lipinski definition) is 3. The average Bonchev–Trinajstić information content (AvgIpc) is 2.20. The van der Waals surface area contributed by atoms with Gasteiger partial charge in [0.2, 0.25) is 0 Å². The molecule has 4 heteroatoms. The first-order chi connectivity index (χ1) is 7.18. The summed E-state index contributed by atoms with van der Waals surface area (Å²) >= 11 is -0.924. The Morgan fingerprint density at radius 1 is 1.07 bits per heavy atom. The summed E-state index contributed by atoms with van der Waals surface area (Å²) in [7, 11) is 2.21. The molecule has 1 aliphatic heterocycles. The summed E-state index contributed by atoms with van der Waals surface area (Å²) in [5.41, 5.74) is 0. The Bertz CT molecular complexity index is 159. The maximum absolute atomic E-state index is 5.68. The van der Waals surface area contributed by atoms with Crippen molar-refractivity contribution in [2.24, 2.45) is 0 Å². The first kappa shape index (κ1) is 13.7. The summed E-state index contributed by atoms with van der Waals surface area (Å²) in [5, 5.41) is 0. The SMILES string of the molecule is CN1CCN(CCCCOI(C)C)CC1. The zero-order valence-corrected chi connectivity index (χ0v) is 12.5. The second-order valence-electron chi connectivity index (χ2n) is 4.35. The van der Waals surface area contributed by atoms with Gasteiger partial charge in [0.25, 0.3) is 0 Å². The van der Waals surface area contributed by atoms with Crippen LogP contribution in [0.5, 0.6) is 0 Å². The molecule has 0 aromatic rings. The van der Waals surface area contributed by atoms with E-state index in [1.165, 1.54) is 45.6 Å². The minimum atomic E-state index is -0.924. The van der Waals surface area contributed by atoms with E-state index in [1.54, 1.807) is 0 Å². The van der Waals surface area contributed by atoms with E-state index in [0.717, 1.165) is 6.61 Å². The van der Waals surface area contributed by atoms with Crippen LogP contribution in [0.2, 0.25) is 0 Å². The van der Waals surface area contributed by atoms with Gasteiger partial charge in [-0.3, -0.25) is 0 Å². The van der Waals surface area contributed by atoms with Crippen molar-refractivity contribution >= 4 is 20.2 Å². The number of alkyl halides is 2. The molecule has 0 radical (unpaired) electrons. The fourth-order valence-corrected chi connectivity index (χ4v) is 2.91. The van der Waals surface area contributed by atoms with Crippen molar-refractivity contribution in [1.82, 2.24) is 9.80 Å². The third-order valence-corrected chi connectivity index (χ3v) is 4.45. The first-order valence-corrected chi connectivity index (χ1v) is 10.9. The molecule has 1 fully saturated rings. The van der Waals surface area contributed by atoms with Crippen molar-refractivity contribution in [2.45, 2.75) is 12.8 Å². The second kappa shape index (κ2) is 7.81. The Balaban J connectivity index is 1.91. The van der Waals surface area contributed by atoms with Gasteiger partial charge in [-0.2, -0.15) is 0 Å². The molecule has 1 aliphatic rings. The molecule has 0 aromatic heterocycles. The summed E-state index contributed by atoms with van der Waals surface area (Å²) in [6.45, 7) is 7.21. The number of hydrogen-bond donors (Lipinski definition) is 0. The number of unbranched alkanes of at least 4 members (excludes halogenated alkanes) is 1. The zero-order valence-electron chi connectivity index (χ0n) is 10.3. The Labute approximate surface area is 102 Å². The summed E-state index contributed by atoms with van der Waals surface area (Å²) in [6, 6.07) is 0. The van der Waals surface area contributed by atoms with Crippen molar-refractivity contribution in [3.8, 4) is 0 Å². The Morgan fingerprint density at radius 3 is 2.33 bits per heavy atom. The van der Waals surface area contributed by atoms with Crippen LogP contribution in [-0.2, 0) is 3.07 Å². The second-order valence-corrected chi connectivity index (χ2v) is 8.89. The predicted octanol–water partition coefficient (Wildman–Crippen LogP) is 1.71. The number of nitrogens with zero attached hydrogens (tertiary/aromatic N) is 2. The van der Waals surface area contributed by atoms with Crippen LogP contribution >= 0.6 is 20.2 Å². The number of piperazine rings is 1. The summed E-state index contributed by atoms with van der Waals surface area (Å²) in [4.78, 5) is 9.49. The van der Waals surface area contributed by atoms with Crippen LogP contribution in [0.15, 0.2) is 0 Å². The molecular formula is C11H25IN2O. The van der Waals surface area contributed by atoms with E-state index in [4.69, 9.17) is 3.07 Å². The molecule has 0 N–H and O–H groups in total. The Morgan fingerprint density at radius 2 is 1.73 bits per heavy atom. The molecule has 0 amide bonds. The molecule has 0 unspecified atom stereocenters. The van der Waals surface area contributed by atoms with Crippen LogP contribution in [0.1, 0.15) is 12.8 Å². The topological polar surface area (TPSA) is 15.7 Å². The van der Waals surface area contributed by atoms with E-state index < -0.39 is 20.2 Å². The molecule has 0 bridgehead atoms. The molecule has 0 atom stereocenters. The van der Waals surface area contributed by atoms with Gasteiger partial charge in [-0.15, -0.1) is 0 Å². The molecule has 3 nitrogen and oxygen atoms in total. The van der Waals surface area contributed by atoms with Gasteiger partial charge in [0.15, 0.2) is 0 Å². The van der Waals surface area contributed by atoms with Gasteiger partial charge in [0.05, 0.1) is 0 Å². The normalized spacial score (nSPS) is 20.6. The van der Waals surface area contributed by atoms with Crippen molar-refractivity contribution in [1.29, 1.82) is 0 Å². The summed E-state index contributed by atoms with van der Waals surface area (Å²) < 4.78 is 5.68. The van der Waals surface area contributed by atoms with Gasteiger partial charge < -0.3 is 0 Å². The molecule has 1 rings (SSSR count). The van der Waals surface area contributed by atoms with Crippen molar-refractivity contribution < 1.29 is 3.07 Å². The van der Waals surface area contributed by atoms with Crippen LogP contribution < -0.4 is 0 Å². The molecule has 1 heterocycles. The third kappa shape index (κ3) is 6.71. The fraction of sp³-hybridized carbons (Fsp3) is 1.00. The number of rotatable bonds is 6. The van der Waals surface area contributed by atoms with Crippen LogP contribution in [0.25, 0.3) is 0 Å². The molecule has 0 aliphatic carbocycles. The van der Waals surface area contributed by atoms with E-state index in [1.807, 2.05) is 0 Å². The Kier molecular flexibility index (Phi) is 7.12. The van der Waals surface area contributed by atoms with E-state index in [0.29, 0.717) is 0 Å². The Hall–Kier alpha value is 0.610. The average molecular weight is 328 g/mol. The number of likely N-dealkylation sites (N-methyl/N-ethyl adjacent to an activating group) is 1. The maximum atomic E-state index is 5.68. The van der Waals surface area contributed by atoms with Gasteiger partial charge in [-0.25, -0.2) is 0 Å². The van der Waals surface area contributed by atoms with E-state index in [2.05, 4.69) is 26.7 Å². The van der Waals surface area contributed by atoms with Crippen molar-refractivity contribution in [3.63, 3.8) is 0 Å². The standard InChI is InChI=1S/C11H25IN2O/c1-12(2)15-11-5-4-6-14-9-7-13(3)8-10-14/h4-11H2,1-3H3. The third-order valence-electron chi connectivity index (χ3n) is 2.76. The van der Waals surface area contributed by atoms with Crippen molar-refractivity contribution in [2.75, 3.05) is 56.2 Å². The quantitative estimate of drug-likeness (QED) is 0.419. The predicted molar refractivity (Wildman–Crippen MR) is 75.0 cm³/mol. The van der Waals surface area contributed by atoms with E-state index in [9.17, 15) is 0 Å².